The molecule has 5 nitrogen and oxygen atoms in total. The Labute approximate surface area is 118 Å². The molecule has 2 aromatic rings. The molecule has 1 aromatic heterocycles. The van der Waals surface area contributed by atoms with E-state index in [1.165, 1.54) is 30.0 Å². The van der Waals surface area contributed by atoms with Gasteiger partial charge in [0.1, 0.15) is 5.82 Å². The van der Waals surface area contributed by atoms with Gasteiger partial charge in [-0.3, -0.25) is 4.72 Å². The number of benzene rings is 1. The minimum atomic E-state index is -3.70. The van der Waals surface area contributed by atoms with Crippen LogP contribution >= 0.6 is 23.1 Å². The Morgan fingerprint density at radius 2 is 2.11 bits per heavy atom. The molecule has 1 N–H and O–H groups in total. The molecule has 19 heavy (non-hydrogen) atoms. The van der Waals surface area contributed by atoms with Crippen molar-refractivity contribution in [2.45, 2.75) is 10.1 Å². The van der Waals surface area contributed by atoms with Crippen LogP contribution < -0.4 is 4.72 Å². The van der Waals surface area contributed by atoms with Crippen molar-refractivity contribution in [3.05, 3.63) is 35.6 Å². The topological polar surface area (TPSA) is 72.0 Å². The van der Waals surface area contributed by atoms with E-state index in [4.69, 9.17) is 0 Å². The first-order valence-corrected chi connectivity index (χ1v) is 8.81. The highest BCUT2D eigenvalue weighted by Gasteiger charge is 2.16. The molecule has 0 saturated carbocycles. The van der Waals surface area contributed by atoms with Crippen LogP contribution in [0.1, 0.15) is 5.56 Å². The van der Waals surface area contributed by atoms with Crippen molar-refractivity contribution in [2.24, 2.45) is 0 Å². The Bertz CT molecular complexity index is 672. The first-order valence-electron chi connectivity index (χ1n) is 5.11. The summed E-state index contributed by atoms with van der Waals surface area (Å²) in [5.74, 6) is -0.983. The van der Waals surface area contributed by atoms with E-state index < -0.39 is 21.6 Å². The molecular weight excluding hydrogens is 309 g/mol. The third-order valence-electron chi connectivity index (χ3n) is 2.13. The van der Waals surface area contributed by atoms with Crippen molar-refractivity contribution in [2.75, 3.05) is 11.0 Å². The molecule has 0 aliphatic rings. The van der Waals surface area contributed by atoms with Gasteiger partial charge in [0.05, 0.1) is 5.75 Å². The minimum absolute atomic E-state index is 0.115. The number of nitrogens with one attached hydrogen (secondary N) is 1. The quantitative estimate of drug-likeness (QED) is 0.857. The molecule has 0 spiro atoms. The smallest absolute Gasteiger partial charge is 0.238 e. The summed E-state index contributed by atoms with van der Waals surface area (Å²) >= 11 is 2.50. The minimum Gasteiger partial charge on any atom is -0.257 e. The molecule has 0 unspecified atom stereocenters. The van der Waals surface area contributed by atoms with E-state index in [1.54, 1.807) is 6.07 Å². The van der Waals surface area contributed by atoms with Crippen LogP contribution in [0.25, 0.3) is 0 Å². The van der Waals surface area contributed by atoms with Crippen molar-refractivity contribution >= 4 is 38.3 Å². The van der Waals surface area contributed by atoms with Gasteiger partial charge in [-0.15, -0.1) is 10.2 Å². The van der Waals surface area contributed by atoms with E-state index in [-0.39, 0.29) is 10.7 Å². The predicted octanol–water partition coefficient (Wildman–Crippen LogP) is 2.34. The molecule has 102 valence electrons. The van der Waals surface area contributed by atoms with E-state index >= 15 is 0 Å². The number of halogens is 1. The number of rotatable bonds is 5. The van der Waals surface area contributed by atoms with Crippen molar-refractivity contribution in [3.8, 4) is 0 Å². The molecule has 2 rings (SSSR count). The van der Waals surface area contributed by atoms with Gasteiger partial charge in [-0.1, -0.05) is 41.3 Å². The third kappa shape index (κ3) is 3.88. The highest BCUT2D eigenvalue weighted by atomic mass is 32.2. The number of thioether (sulfide) groups is 1. The van der Waals surface area contributed by atoms with Gasteiger partial charge >= 0.3 is 0 Å². The number of nitrogens with zero attached hydrogens (tertiary/aromatic N) is 2. The van der Waals surface area contributed by atoms with Gasteiger partial charge in [0.2, 0.25) is 15.2 Å². The molecule has 0 radical (unpaired) electrons. The summed E-state index contributed by atoms with van der Waals surface area (Å²) in [7, 11) is -3.70. The molecule has 0 amide bonds. The van der Waals surface area contributed by atoms with Gasteiger partial charge < -0.3 is 0 Å². The number of sulfonamides is 1. The maximum Gasteiger partial charge on any atom is 0.238 e. The second-order valence-corrected chi connectivity index (χ2v) is 7.28. The summed E-state index contributed by atoms with van der Waals surface area (Å²) in [6, 6.07) is 5.75. The Hall–Kier alpha value is -1.19. The summed E-state index contributed by atoms with van der Waals surface area (Å²) in [5, 5.41) is 7.66. The number of aromatic nitrogens is 2. The van der Waals surface area contributed by atoms with Crippen LogP contribution in [0.3, 0.4) is 0 Å². The SMILES string of the molecule is CSc1nnc(NS(=O)(=O)Cc2ccccc2F)s1. The van der Waals surface area contributed by atoms with Crippen molar-refractivity contribution in [1.29, 1.82) is 0 Å². The Balaban J connectivity index is 2.13. The largest absolute Gasteiger partial charge is 0.257 e. The van der Waals surface area contributed by atoms with Gasteiger partial charge in [0, 0.05) is 5.56 Å². The van der Waals surface area contributed by atoms with Crippen LogP contribution in [0.5, 0.6) is 0 Å². The summed E-state index contributed by atoms with van der Waals surface area (Å²) in [4.78, 5) is 0. The fraction of sp³-hybridized carbons (Fsp3) is 0.200. The standard InChI is InChI=1S/C10H10FN3O2S3/c1-17-10-13-12-9(18-10)14-19(15,16)6-7-4-2-3-5-8(7)11/h2-5H,6H2,1H3,(H,12,14). The number of anilines is 1. The maximum atomic E-state index is 13.4. The molecule has 0 aliphatic carbocycles. The lowest BCUT2D eigenvalue weighted by Gasteiger charge is -2.05. The summed E-state index contributed by atoms with van der Waals surface area (Å²) in [6.07, 6.45) is 1.82. The molecule has 0 atom stereocenters. The van der Waals surface area contributed by atoms with E-state index in [1.807, 2.05) is 6.26 Å². The van der Waals surface area contributed by atoms with Gasteiger partial charge in [-0.25, -0.2) is 12.8 Å². The summed E-state index contributed by atoms with van der Waals surface area (Å²) < 4.78 is 40.1. The lowest BCUT2D eigenvalue weighted by molar-refractivity contribution is 0.591. The average molecular weight is 319 g/mol. The lowest BCUT2D eigenvalue weighted by atomic mass is 10.2. The van der Waals surface area contributed by atoms with Crippen LogP contribution in [0, 0.1) is 5.82 Å². The van der Waals surface area contributed by atoms with Gasteiger partial charge in [0.25, 0.3) is 0 Å². The van der Waals surface area contributed by atoms with E-state index in [0.717, 1.165) is 11.3 Å². The summed E-state index contributed by atoms with van der Waals surface area (Å²) in [6.45, 7) is 0. The molecule has 0 saturated heterocycles. The fourth-order valence-electron chi connectivity index (χ4n) is 1.32. The Morgan fingerprint density at radius 1 is 1.37 bits per heavy atom. The second kappa shape index (κ2) is 5.85. The monoisotopic (exact) mass is 319 g/mol. The molecule has 0 fully saturated rings. The van der Waals surface area contributed by atoms with Gasteiger partial charge in [0.15, 0.2) is 4.34 Å². The fourth-order valence-corrected chi connectivity index (χ4v) is 3.91. The van der Waals surface area contributed by atoms with E-state index in [0.29, 0.717) is 4.34 Å². The van der Waals surface area contributed by atoms with Crippen molar-refractivity contribution in [3.63, 3.8) is 0 Å². The van der Waals surface area contributed by atoms with Crippen LogP contribution in [-0.2, 0) is 15.8 Å². The first kappa shape index (κ1) is 14.2. The van der Waals surface area contributed by atoms with Crippen LogP contribution in [0.2, 0.25) is 0 Å². The normalized spacial score (nSPS) is 11.5. The van der Waals surface area contributed by atoms with Crippen LogP contribution in [-0.4, -0.2) is 24.9 Å². The zero-order valence-electron chi connectivity index (χ0n) is 9.83. The van der Waals surface area contributed by atoms with Crippen molar-refractivity contribution in [1.82, 2.24) is 10.2 Å². The number of hydrogen-bond acceptors (Lipinski definition) is 6. The molecule has 1 aromatic carbocycles. The maximum absolute atomic E-state index is 13.4. The van der Waals surface area contributed by atoms with E-state index in [9.17, 15) is 12.8 Å². The molecule has 9 heteroatoms. The molecule has 1 heterocycles. The second-order valence-electron chi connectivity index (χ2n) is 3.53. The zero-order chi connectivity index (χ0) is 13.9. The summed E-state index contributed by atoms with van der Waals surface area (Å²) in [5.41, 5.74) is 0.115. The lowest BCUT2D eigenvalue weighted by Crippen LogP contribution is -2.15. The van der Waals surface area contributed by atoms with Crippen LogP contribution in [0.4, 0.5) is 9.52 Å². The molecular formula is C10H10FN3O2S3. The van der Waals surface area contributed by atoms with E-state index in [2.05, 4.69) is 14.9 Å². The molecule has 0 bridgehead atoms. The van der Waals surface area contributed by atoms with Crippen molar-refractivity contribution < 1.29 is 12.8 Å². The third-order valence-corrected chi connectivity index (χ3v) is 5.27. The highest BCUT2D eigenvalue weighted by Crippen LogP contribution is 2.24. The first-order chi connectivity index (χ1) is 9.00. The van der Waals surface area contributed by atoms with Crippen LogP contribution in [0.15, 0.2) is 28.6 Å². The Morgan fingerprint density at radius 3 is 2.74 bits per heavy atom. The number of hydrogen-bond donors (Lipinski definition) is 1. The molecule has 0 aliphatic heterocycles. The zero-order valence-corrected chi connectivity index (χ0v) is 12.3. The van der Waals surface area contributed by atoms with Gasteiger partial charge in [-0.2, -0.15) is 0 Å². The Kier molecular flexibility index (Phi) is 4.38. The average Bonchev–Trinajstić information content (AvgIpc) is 2.78. The van der Waals surface area contributed by atoms with Gasteiger partial charge in [-0.05, 0) is 12.3 Å². The predicted molar refractivity (Wildman–Crippen MR) is 74.3 cm³/mol. The highest BCUT2D eigenvalue weighted by molar-refractivity contribution is 8.00.